The molecule has 0 bridgehead atoms. The van der Waals surface area contributed by atoms with E-state index >= 15 is 0 Å². The summed E-state index contributed by atoms with van der Waals surface area (Å²) < 4.78 is 9.35. The van der Waals surface area contributed by atoms with Crippen molar-refractivity contribution in [2.24, 2.45) is 0 Å². The molecule has 5 nitrogen and oxygen atoms in total. The molecule has 0 rings (SSSR count). The lowest BCUT2D eigenvalue weighted by atomic mass is 10.2. The van der Waals surface area contributed by atoms with E-state index in [1.165, 1.54) is 0 Å². The van der Waals surface area contributed by atoms with Crippen LogP contribution < -0.4 is 0 Å². The lowest BCUT2D eigenvalue weighted by molar-refractivity contribution is -0.159. The molecule has 2 N–H and O–H groups in total. The fraction of sp³-hybridized carbons (Fsp3) is 0.667. The van der Waals surface area contributed by atoms with Gasteiger partial charge in [-0.05, 0) is 13.8 Å². The van der Waals surface area contributed by atoms with E-state index in [0.29, 0.717) is 6.61 Å². The smallest absolute Gasteiger partial charge is 0.338 e. The van der Waals surface area contributed by atoms with Crippen LogP contribution in [0.4, 0.5) is 0 Å². The van der Waals surface area contributed by atoms with Crippen molar-refractivity contribution < 1.29 is 24.5 Å². The van der Waals surface area contributed by atoms with Crippen LogP contribution in [0.25, 0.3) is 0 Å². The summed E-state index contributed by atoms with van der Waals surface area (Å²) in [6.07, 6.45) is -3.09. The highest BCUT2D eigenvalue weighted by Gasteiger charge is 2.28. The van der Waals surface area contributed by atoms with Gasteiger partial charge in [0.05, 0.1) is 13.2 Å². The third-order valence-corrected chi connectivity index (χ3v) is 1.49. The Morgan fingerprint density at radius 1 is 1.21 bits per heavy atom. The zero-order valence-electron chi connectivity index (χ0n) is 8.40. The van der Waals surface area contributed by atoms with Gasteiger partial charge in [-0.3, -0.25) is 0 Å². The normalized spacial score (nSPS) is 14.3. The maximum Gasteiger partial charge on any atom is 0.338 e. The van der Waals surface area contributed by atoms with Crippen molar-refractivity contribution in [3.05, 3.63) is 12.3 Å². The third-order valence-electron chi connectivity index (χ3n) is 1.49. The molecule has 0 aromatic carbocycles. The third kappa shape index (κ3) is 3.76. The number of ether oxygens (including phenoxy) is 2. The van der Waals surface area contributed by atoms with Gasteiger partial charge in [-0.15, -0.1) is 0 Å². The minimum Gasteiger partial charge on any atom is -0.496 e. The Kier molecular flexibility index (Phi) is 5.91. The molecule has 0 aromatic heterocycles. The molecule has 0 radical (unpaired) electrons. The van der Waals surface area contributed by atoms with Crippen LogP contribution >= 0.6 is 0 Å². The quantitative estimate of drug-likeness (QED) is 0.463. The highest BCUT2D eigenvalue weighted by atomic mass is 16.6. The summed E-state index contributed by atoms with van der Waals surface area (Å²) in [6.45, 7) is 7.13. The first kappa shape index (κ1) is 12.9. The largest absolute Gasteiger partial charge is 0.496 e. The number of aliphatic hydroxyl groups excluding tert-OH is 2. The summed E-state index contributed by atoms with van der Waals surface area (Å²) in [5.41, 5.74) is 0. The second kappa shape index (κ2) is 6.39. The molecule has 0 aliphatic heterocycles. The zero-order valence-corrected chi connectivity index (χ0v) is 8.40. The molecular weight excluding hydrogens is 188 g/mol. The highest BCUT2D eigenvalue weighted by Crippen LogP contribution is 2.07. The van der Waals surface area contributed by atoms with Gasteiger partial charge < -0.3 is 19.7 Å². The van der Waals surface area contributed by atoms with Crippen molar-refractivity contribution in [1.82, 2.24) is 0 Å². The van der Waals surface area contributed by atoms with Gasteiger partial charge in [0.1, 0.15) is 11.9 Å². The summed E-state index contributed by atoms with van der Waals surface area (Å²) in [7, 11) is 0. The maximum absolute atomic E-state index is 11.0. The Hall–Kier alpha value is -1.07. The van der Waals surface area contributed by atoms with Crippen LogP contribution in [0.5, 0.6) is 0 Å². The van der Waals surface area contributed by atoms with Crippen LogP contribution in [0.3, 0.4) is 0 Å². The summed E-state index contributed by atoms with van der Waals surface area (Å²) >= 11 is 0. The molecule has 5 heteroatoms. The fourth-order valence-corrected chi connectivity index (χ4v) is 0.803. The first-order valence-corrected chi connectivity index (χ1v) is 4.38. The molecule has 0 fully saturated rings. The first-order chi connectivity index (χ1) is 6.54. The molecule has 0 heterocycles. The fourth-order valence-electron chi connectivity index (χ4n) is 0.803. The molecule has 0 spiro atoms. The van der Waals surface area contributed by atoms with Crippen molar-refractivity contribution >= 4 is 5.97 Å². The van der Waals surface area contributed by atoms with E-state index in [1.54, 1.807) is 13.8 Å². The minimum atomic E-state index is -1.64. The molecule has 82 valence electrons. The molecule has 2 unspecified atom stereocenters. The number of aliphatic hydroxyl groups is 2. The Balaban J connectivity index is 4.16. The van der Waals surface area contributed by atoms with Crippen LogP contribution in [0.15, 0.2) is 12.3 Å². The van der Waals surface area contributed by atoms with Crippen LogP contribution in [0, 0.1) is 0 Å². The van der Waals surface area contributed by atoms with Crippen molar-refractivity contribution in [2.75, 3.05) is 13.2 Å². The van der Waals surface area contributed by atoms with Crippen LogP contribution in [0.2, 0.25) is 0 Å². The second-order valence-electron chi connectivity index (χ2n) is 2.54. The van der Waals surface area contributed by atoms with Crippen molar-refractivity contribution in [1.29, 1.82) is 0 Å². The lowest BCUT2D eigenvalue weighted by Gasteiger charge is -2.18. The highest BCUT2D eigenvalue weighted by molar-refractivity contribution is 5.75. The molecule has 0 aliphatic carbocycles. The van der Waals surface area contributed by atoms with Gasteiger partial charge >= 0.3 is 5.97 Å². The number of hydrogen-bond donors (Lipinski definition) is 2. The molecular formula is C9H16O5. The van der Waals surface area contributed by atoms with Gasteiger partial charge in [0, 0.05) is 0 Å². The van der Waals surface area contributed by atoms with Crippen molar-refractivity contribution in [3.63, 3.8) is 0 Å². The molecule has 0 saturated carbocycles. The Morgan fingerprint density at radius 2 is 1.71 bits per heavy atom. The van der Waals surface area contributed by atoms with Crippen LogP contribution in [-0.2, 0) is 14.3 Å². The topological polar surface area (TPSA) is 76.0 Å². The van der Waals surface area contributed by atoms with Gasteiger partial charge in [0.25, 0.3) is 0 Å². The standard InChI is InChI=1S/C9H16O5/c1-4-13-6(3)7(10)8(11)9(12)14-5-2/h7-8,10-11H,3-5H2,1-2H3. The summed E-state index contributed by atoms with van der Waals surface area (Å²) in [6, 6.07) is 0. The van der Waals surface area contributed by atoms with E-state index in [1.807, 2.05) is 0 Å². The van der Waals surface area contributed by atoms with E-state index in [2.05, 4.69) is 11.3 Å². The van der Waals surface area contributed by atoms with E-state index in [4.69, 9.17) is 4.74 Å². The average Bonchev–Trinajstić information content (AvgIpc) is 2.16. The van der Waals surface area contributed by atoms with Crippen molar-refractivity contribution in [2.45, 2.75) is 26.1 Å². The summed E-state index contributed by atoms with van der Waals surface area (Å²) in [4.78, 5) is 11.0. The average molecular weight is 204 g/mol. The van der Waals surface area contributed by atoms with E-state index in [-0.39, 0.29) is 12.4 Å². The second-order valence-corrected chi connectivity index (χ2v) is 2.54. The maximum atomic E-state index is 11.0. The molecule has 0 aliphatic rings. The molecule has 14 heavy (non-hydrogen) atoms. The molecule has 2 atom stereocenters. The number of rotatable bonds is 6. The lowest BCUT2D eigenvalue weighted by Crippen LogP contribution is -2.37. The van der Waals surface area contributed by atoms with Gasteiger partial charge in [0.2, 0.25) is 0 Å². The van der Waals surface area contributed by atoms with Crippen molar-refractivity contribution in [3.8, 4) is 0 Å². The number of carbonyl (C=O) groups excluding carboxylic acids is 1. The Labute approximate surface area is 82.9 Å². The SMILES string of the molecule is C=C(OCC)C(O)C(O)C(=O)OCC. The predicted molar refractivity (Wildman–Crippen MR) is 49.4 cm³/mol. The number of hydrogen-bond acceptors (Lipinski definition) is 5. The van der Waals surface area contributed by atoms with Gasteiger partial charge in [-0.1, -0.05) is 6.58 Å². The summed E-state index contributed by atoms with van der Waals surface area (Å²) in [5, 5.41) is 18.6. The molecule has 0 aromatic rings. The monoisotopic (exact) mass is 204 g/mol. The van der Waals surface area contributed by atoms with E-state index in [0.717, 1.165) is 0 Å². The predicted octanol–water partition coefficient (Wildman–Crippen LogP) is -0.179. The summed E-state index contributed by atoms with van der Waals surface area (Å²) in [5.74, 6) is -0.936. The zero-order chi connectivity index (χ0) is 11.1. The number of carbonyl (C=O) groups is 1. The first-order valence-electron chi connectivity index (χ1n) is 4.38. The Bertz CT molecular complexity index is 179. The molecule has 0 saturated heterocycles. The van der Waals surface area contributed by atoms with Gasteiger partial charge in [0.15, 0.2) is 6.10 Å². The van der Waals surface area contributed by atoms with Crippen LogP contribution in [-0.4, -0.2) is 41.6 Å². The molecule has 0 amide bonds. The number of esters is 1. The van der Waals surface area contributed by atoms with E-state index in [9.17, 15) is 15.0 Å². The van der Waals surface area contributed by atoms with Gasteiger partial charge in [-0.25, -0.2) is 4.79 Å². The van der Waals surface area contributed by atoms with Crippen LogP contribution in [0.1, 0.15) is 13.8 Å². The Morgan fingerprint density at radius 3 is 2.14 bits per heavy atom. The van der Waals surface area contributed by atoms with Gasteiger partial charge in [-0.2, -0.15) is 0 Å². The van der Waals surface area contributed by atoms with E-state index < -0.39 is 18.2 Å². The minimum absolute atomic E-state index is 0.0481.